The fraction of sp³-hybridized carbons (Fsp3) is 0.545. The van der Waals surface area contributed by atoms with E-state index in [-0.39, 0.29) is 5.91 Å². The molecular weight excluding hydrogens is 400 g/mol. The van der Waals surface area contributed by atoms with E-state index in [1.54, 1.807) is 18.4 Å². The number of amides is 1. The molecule has 2 aromatic rings. The standard InChI is InChI=1S/C22H30N4O3S/c1-28-20-4-2-3-18(15-20)5-6-21(27)25-7-9-26(10-8-25)22-23-19(17-30-22)16-24-11-13-29-14-12-24/h2-4,15,17H,5-14,16H2,1H3. The van der Waals surface area contributed by atoms with Gasteiger partial charge in [-0.1, -0.05) is 12.1 Å². The minimum Gasteiger partial charge on any atom is -0.497 e. The Morgan fingerprint density at radius 2 is 1.97 bits per heavy atom. The summed E-state index contributed by atoms with van der Waals surface area (Å²) < 4.78 is 10.7. The van der Waals surface area contributed by atoms with Crippen LogP contribution in [-0.4, -0.2) is 80.3 Å². The molecule has 1 aromatic carbocycles. The first kappa shape index (κ1) is 21.1. The van der Waals surface area contributed by atoms with Crippen molar-refractivity contribution in [2.75, 3.05) is 64.5 Å². The van der Waals surface area contributed by atoms with Crippen molar-refractivity contribution in [2.24, 2.45) is 0 Å². The number of rotatable bonds is 7. The Kier molecular flexibility index (Phi) is 7.20. The second-order valence-corrected chi connectivity index (χ2v) is 8.57. The quantitative estimate of drug-likeness (QED) is 0.672. The van der Waals surface area contributed by atoms with Crippen LogP contribution in [0, 0.1) is 0 Å². The first-order valence-corrected chi connectivity index (χ1v) is 11.5. The predicted molar refractivity (Wildman–Crippen MR) is 118 cm³/mol. The number of piperazine rings is 1. The Labute approximate surface area is 182 Å². The lowest BCUT2D eigenvalue weighted by atomic mass is 10.1. The van der Waals surface area contributed by atoms with Crippen LogP contribution in [0.25, 0.3) is 0 Å². The van der Waals surface area contributed by atoms with Crippen LogP contribution in [0.5, 0.6) is 5.75 Å². The van der Waals surface area contributed by atoms with Crippen molar-refractivity contribution in [3.8, 4) is 5.75 Å². The lowest BCUT2D eigenvalue weighted by Gasteiger charge is -2.34. The number of hydrogen-bond acceptors (Lipinski definition) is 7. The van der Waals surface area contributed by atoms with Crippen molar-refractivity contribution in [1.82, 2.24) is 14.8 Å². The number of aromatic nitrogens is 1. The summed E-state index contributed by atoms with van der Waals surface area (Å²) in [5.74, 6) is 1.06. The third-order valence-corrected chi connectivity index (χ3v) is 6.64. The maximum Gasteiger partial charge on any atom is 0.223 e. The number of hydrogen-bond donors (Lipinski definition) is 0. The number of nitrogens with zero attached hydrogens (tertiary/aromatic N) is 4. The van der Waals surface area contributed by atoms with Crippen LogP contribution in [0.2, 0.25) is 0 Å². The molecule has 2 aliphatic rings. The second-order valence-electron chi connectivity index (χ2n) is 7.73. The number of methoxy groups -OCH3 is 1. The summed E-state index contributed by atoms with van der Waals surface area (Å²) in [4.78, 5) is 24.2. The van der Waals surface area contributed by atoms with Crippen LogP contribution in [0.4, 0.5) is 5.13 Å². The van der Waals surface area contributed by atoms with Gasteiger partial charge in [-0.3, -0.25) is 9.69 Å². The molecule has 0 saturated carbocycles. The minimum atomic E-state index is 0.226. The first-order valence-electron chi connectivity index (χ1n) is 10.6. The first-order chi connectivity index (χ1) is 14.7. The number of aryl methyl sites for hydroxylation is 1. The molecule has 3 heterocycles. The predicted octanol–water partition coefficient (Wildman–Crippen LogP) is 2.27. The molecule has 2 saturated heterocycles. The number of morpholine rings is 1. The van der Waals surface area contributed by atoms with Crippen molar-refractivity contribution >= 4 is 22.4 Å². The average molecular weight is 431 g/mol. The van der Waals surface area contributed by atoms with Crippen molar-refractivity contribution in [3.63, 3.8) is 0 Å². The fourth-order valence-corrected chi connectivity index (χ4v) is 4.76. The van der Waals surface area contributed by atoms with Crippen molar-refractivity contribution < 1.29 is 14.3 Å². The normalized spacial score (nSPS) is 17.9. The van der Waals surface area contributed by atoms with E-state index in [1.165, 1.54) is 0 Å². The van der Waals surface area contributed by atoms with Gasteiger partial charge in [-0.25, -0.2) is 4.98 Å². The van der Waals surface area contributed by atoms with Gasteiger partial charge in [-0.15, -0.1) is 11.3 Å². The summed E-state index contributed by atoms with van der Waals surface area (Å²) in [6.45, 7) is 7.67. The monoisotopic (exact) mass is 430 g/mol. The molecule has 8 heteroatoms. The molecule has 30 heavy (non-hydrogen) atoms. The molecule has 0 aliphatic carbocycles. The number of benzene rings is 1. The van der Waals surface area contributed by atoms with Crippen molar-refractivity contribution in [3.05, 3.63) is 40.9 Å². The smallest absolute Gasteiger partial charge is 0.223 e. The van der Waals surface area contributed by atoms with Crippen molar-refractivity contribution in [2.45, 2.75) is 19.4 Å². The molecule has 2 aliphatic heterocycles. The summed E-state index contributed by atoms with van der Waals surface area (Å²) >= 11 is 1.71. The Morgan fingerprint density at radius 3 is 2.73 bits per heavy atom. The summed E-state index contributed by atoms with van der Waals surface area (Å²) in [5.41, 5.74) is 2.27. The van der Waals surface area contributed by atoms with Crippen LogP contribution >= 0.6 is 11.3 Å². The van der Waals surface area contributed by atoms with E-state index < -0.39 is 0 Å². The summed E-state index contributed by atoms with van der Waals surface area (Å²) in [6.07, 6.45) is 1.28. The number of anilines is 1. The molecule has 0 spiro atoms. The van der Waals surface area contributed by atoms with Gasteiger partial charge in [0.25, 0.3) is 0 Å². The molecule has 0 atom stereocenters. The van der Waals surface area contributed by atoms with Gasteiger partial charge < -0.3 is 19.3 Å². The van der Waals surface area contributed by atoms with Crippen LogP contribution in [0.3, 0.4) is 0 Å². The van der Waals surface area contributed by atoms with Crippen LogP contribution in [0.15, 0.2) is 29.6 Å². The molecule has 7 nitrogen and oxygen atoms in total. The second kappa shape index (κ2) is 10.2. The fourth-order valence-electron chi connectivity index (χ4n) is 3.89. The zero-order valence-electron chi connectivity index (χ0n) is 17.6. The molecular formula is C22H30N4O3S. The molecule has 0 N–H and O–H groups in total. The molecule has 0 radical (unpaired) electrons. The number of carbonyl (C=O) groups is 1. The van der Waals surface area contributed by atoms with Crippen LogP contribution in [0.1, 0.15) is 17.7 Å². The van der Waals surface area contributed by atoms with E-state index in [9.17, 15) is 4.79 Å². The molecule has 1 amide bonds. The molecule has 2 fully saturated rings. The van der Waals surface area contributed by atoms with Gasteiger partial charge in [0.15, 0.2) is 5.13 Å². The molecule has 1 aromatic heterocycles. The Hall–Kier alpha value is -2.16. The molecule has 162 valence electrons. The van der Waals surface area contributed by atoms with Crippen LogP contribution < -0.4 is 9.64 Å². The van der Waals surface area contributed by atoms with E-state index in [0.717, 1.165) is 87.6 Å². The van der Waals surface area contributed by atoms with Crippen molar-refractivity contribution in [1.29, 1.82) is 0 Å². The Balaban J connectivity index is 1.23. The molecule has 4 rings (SSSR count). The van der Waals surface area contributed by atoms with Gasteiger partial charge in [0.2, 0.25) is 5.91 Å². The highest BCUT2D eigenvalue weighted by Gasteiger charge is 2.23. The third kappa shape index (κ3) is 5.50. The Bertz CT molecular complexity index is 829. The number of thiazole rings is 1. The SMILES string of the molecule is COc1cccc(CCC(=O)N2CCN(c3nc(CN4CCOCC4)cs3)CC2)c1. The van der Waals surface area contributed by atoms with E-state index in [0.29, 0.717) is 6.42 Å². The average Bonchev–Trinajstić information content (AvgIpc) is 3.27. The summed E-state index contributed by atoms with van der Waals surface area (Å²) in [6, 6.07) is 7.95. The summed E-state index contributed by atoms with van der Waals surface area (Å²) in [7, 11) is 1.66. The third-order valence-electron chi connectivity index (χ3n) is 5.69. The van der Waals surface area contributed by atoms with Gasteiger partial charge in [-0.05, 0) is 24.1 Å². The minimum absolute atomic E-state index is 0.226. The zero-order valence-corrected chi connectivity index (χ0v) is 18.4. The van der Waals surface area contributed by atoms with Gasteiger partial charge in [0.05, 0.1) is 26.0 Å². The summed E-state index contributed by atoms with van der Waals surface area (Å²) in [5, 5.41) is 3.23. The lowest BCUT2D eigenvalue weighted by Crippen LogP contribution is -2.48. The van der Waals surface area contributed by atoms with Crippen LogP contribution in [-0.2, 0) is 22.5 Å². The Morgan fingerprint density at radius 1 is 1.17 bits per heavy atom. The van der Waals surface area contributed by atoms with E-state index in [2.05, 4.69) is 15.2 Å². The highest BCUT2D eigenvalue weighted by Crippen LogP contribution is 2.23. The molecule has 0 unspecified atom stereocenters. The lowest BCUT2D eigenvalue weighted by molar-refractivity contribution is -0.131. The molecule has 0 bridgehead atoms. The topological polar surface area (TPSA) is 58.1 Å². The number of ether oxygens (including phenoxy) is 2. The maximum atomic E-state index is 12.6. The largest absolute Gasteiger partial charge is 0.497 e. The van der Waals surface area contributed by atoms with E-state index >= 15 is 0 Å². The maximum absolute atomic E-state index is 12.6. The van der Waals surface area contributed by atoms with Gasteiger partial charge >= 0.3 is 0 Å². The van der Waals surface area contributed by atoms with Gasteiger partial charge in [0.1, 0.15) is 5.75 Å². The van der Waals surface area contributed by atoms with Gasteiger partial charge in [-0.2, -0.15) is 0 Å². The van der Waals surface area contributed by atoms with Gasteiger partial charge in [0, 0.05) is 57.6 Å². The highest BCUT2D eigenvalue weighted by atomic mass is 32.1. The van der Waals surface area contributed by atoms with E-state index in [1.807, 2.05) is 29.2 Å². The number of carbonyl (C=O) groups excluding carboxylic acids is 1. The zero-order chi connectivity index (χ0) is 20.8. The van der Waals surface area contributed by atoms with E-state index in [4.69, 9.17) is 14.5 Å². The highest BCUT2D eigenvalue weighted by molar-refractivity contribution is 7.13.